The Morgan fingerprint density at radius 1 is 1.24 bits per heavy atom. The van der Waals surface area contributed by atoms with Gasteiger partial charge in [-0.2, -0.15) is 5.26 Å². The third-order valence-electron chi connectivity index (χ3n) is 3.07. The van der Waals surface area contributed by atoms with E-state index < -0.39 is 0 Å². The zero-order chi connectivity index (χ0) is 15.1. The van der Waals surface area contributed by atoms with Crippen molar-refractivity contribution in [2.24, 2.45) is 0 Å². The number of para-hydroxylation sites is 1. The molecule has 0 aliphatic rings. The molecule has 0 spiro atoms. The summed E-state index contributed by atoms with van der Waals surface area (Å²) in [5, 5.41) is 12.2. The number of hydrogen-bond donors (Lipinski definition) is 2. The van der Waals surface area contributed by atoms with Crippen LogP contribution in [0.15, 0.2) is 42.5 Å². The highest BCUT2D eigenvalue weighted by Crippen LogP contribution is 2.29. The van der Waals surface area contributed by atoms with Crippen molar-refractivity contribution in [2.75, 3.05) is 17.7 Å². The van der Waals surface area contributed by atoms with E-state index in [0.29, 0.717) is 30.2 Å². The second-order valence-electron chi connectivity index (χ2n) is 4.73. The Morgan fingerprint density at radius 3 is 2.81 bits per heavy atom. The highest BCUT2D eigenvalue weighted by atomic mass is 16.5. The third kappa shape index (κ3) is 3.90. The van der Waals surface area contributed by atoms with E-state index in [4.69, 9.17) is 15.7 Å². The molecule has 2 rings (SSSR count). The number of nitrogens with two attached hydrogens (primary N) is 1. The van der Waals surface area contributed by atoms with E-state index in [9.17, 15) is 0 Å². The van der Waals surface area contributed by atoms with Gasteiger partial charge in [-0.05, 0) is 36.2 Å². The monoisotopic (exact) mass is 281 g/mol. The smallest absolute Gasteiger partial charge is 0.144 e. The SMILES string of the molecule is CCCOc1cccc(NCc2cccc(C#N)c2)c1N. The summed E-state index contributed by atoms with van der Waals surface area (Å²) in [7, 11) is 0. The summed E-state index contributed by atoms with van der Waals surface area (Å²) in [4.78, 5) is 0. The second kappa shape index (κ2) is 7.20. The Labute approximate surface area is 125 Å². The largest absolute Gasteiger partial charge is 0.491 e. The van der Waals surface area contributed by atoms with Crippen molar-refractivity contribution in [1.29, 1.82) is 5.26 Å². The zero-order valence-electron chi connectivity index (χ0n) is 12.1. The average molecular weight is 281 g/mol. The van der Waals surface area contributed by atoms with E-state index in [2.05, 4.69) is 18.3 Å². The number of rotatable bonds is 6. The minimum Gasteiger partial charge on any atom is -0.491 e. The fraction of sp³-hybridized carbons (Fsp3) is 0.235. The van der Waals surface area contributed by atoms with E-state index in [-0.39, 0.29) is 0 Å². The van der Waals surface area contributed by atoms with Crippen molar-refractivity contribution in [1.82, 2.24) is 0 Å². The predicted octanol–water partition coefficient (Wildman–Crippen LogP) is 3.54. The summed E-state index contributed by atoms with van der Waals surface area (Å²) in [5.41, 5.74) is 9.25. The van der Waals surface area contributed by atoms with Gasteiger partial charge >= 0.3 is 0 Å². The minimum atomic E-state index is 0.608. The maximum absolute atomic E-state index is 8.90. The van der Waals surface area contributed by atoms with E-state index in [1.165, 1.54) is 0 Å². The Bertz CT molecular complexity index is 647. The summed E-state index contributed by atoms with van der Waals surface area (Å²) >= 11 is 0. The molecular formula is C17H19N3O. The minimum absolute atomic E-state index is 0.608. The molecule has 0 amide bonds. The van der Waals surface area contributed by atoms with Crippen molar-refractivity contribution in [2.45, 2.75) is 19.9 Å². The highest BCUT2D eigenvalue weighted by Gasteiger charge is 2.05. The van der Waals surface area contributed by atoms with Crippen LogP contribution >= 0.6 is 0 Å². The van der Waals surface area contributed by atoms with Crippen LogP contribution in [0.4, 0.5) is 11.4 Å². The van der Waals surface area contributed by atoms with Crippen LogP contribution in [0.1, 0.15) is 24.5 Å². The lowest BCUT2D eigenvalue weighted by atomic mass is 10.1. The van der Waals surface area contributed by atoms with Gasteiger partial charge in [0.1, 0.15) is 5.75 Å². The molecule has 2 aromatic carbocycles. The molecule has 108 valence electrons. The van der Waals surface area contributed by atoms with Crippen LogP contribution in [-0.2, 0) is 6.54 Å². The molecule has 3 N–H and O–H groups in total. The molecule has 0 radical (unpaired) electrons. The Kier molecular flexibility index (Phi) is 5.05. The van der Waals surface area contributed by atoms with Crippen LogP contribution in [0.3, 0.4) is 0 Å². The average Bonchev–Trinajstić information content (AvgIpc) is 2.53. The number of anilines is 2. The zero-order valence-corrected chi connectivity index (χ0v) is 12.1. The lowest BCUT2D eigenvalue weighted by Gasteiger charge is -2.13. The Balaban J connectivity index is 2.07. The molecule has 0 heterocycles. The van der Waals surface area contributed by atoms with Gasteiger partial charge in [-0.3, -0.25) is 0 Å². The maximum atomic E-state index is 8.90. The first kappa shape index (κ1) is 14.7. The van der Waals surface area contributed by atoms with Gasteiger partial charge in [0, 0.05) is 6.54 Å². The highest BCUT2D eigenvalue weighted by molar-refractivity contribution is 5.72. The first-order valence-corrected chi connectivity index (χ1v) is 6.98. The van der Waals surface area contributed by atoms with Crippen LogP contribution in [0.5, 0.6) is 5.75 Å². The molecule has 0 aliphatic carbocycles. The van der Waals surface area contributed by atoms with E-state index in [1.807, 2.05) is 36.4 Å². The van der Waals surface area contributed by atoms with Gasteiger partial charge in [-0.25, -0.2) is 0 Å². The molecule has 0 aromatic heterocycles. The number of nitrogens with zero attached hydrogens (tertiary/aromatic N) is 1. The molecule has 0 saturated carbocycles. The first-order valence-electron chi connectivity index (χ1n) is 6.98. The molecule has 0 unspecified atom stereocenters. The lowest BCUT2D eigenvalue weighted by molar-refractivity contribution is 0.319. The van der Waals surface area contributed by atoms with Crippen LogP contribution in [0.2, 0.25) is 0 Å². The number of nitriles is 1. The molecule has 4 nitrogen and oxygen atoms in total. The molecule has 0 bridgehead atoms. The van der Waals surface area contributed by atoms with Gasteiger partial charge in [0.05, 0.1) is 29.6 Å². The summed E-state index contributed by atoms with van der Waals surface area (Å²) in [6.45, 7) is 3.31. The number of hydrogen-bond acceptors (Lipinski definition) is 4. The Morgan fingerprint density at radius 2 is 2.05 bits per heavy atom. The molecule has 4 heteroatoms. The molecule has 0 aliphatic heterocycles. The predicted molar refractivity (Wildman–Crippen MR) is 85.1 cm³/mol. The maximum Gasteiger partial charge on any atom is 0.144 e. The molecule has 0 fully saturated rings. The number of nitrogen functional groups attached to an aromatic ring is 1. The van der Waals surface area contributed by atoms with Crippen LogP contribution in [0, 0.1) is 11.3 Å². The summed E-state index contributed by atoms with van der Waals surface area (Å²) in [6, 6.07) is 15.3. The van der Waals surface area contributed by atoms with E-state index in [0.717, 1.165) is 17.7 Å². The Hall–Kier alpha value is -2.67. The van der Waals surface area contributed by atoms with Gasteiger partial charge in [0.15, 0.2) is 0 Å². The van der Waals surface area contributed by atoms with E-state index in [1.54, 1.807) is 6.07 Å². The van der Waals surface area contributed by atoms with Crippen molar-refractivity contribution in [3.63, 3.8) is 0 Å². The summed E-state index contributed by atoms with van der Waals surface area (Å²) < 4.78 is 5.61. The van der Waals surface area contributed by atoms with Crippen molar-refractivity contribution in [3.05, 3.63) is 53.6 Å². The molecule has 0 saturated heterocycles. The topological polar surface area (TPSA) is 71.1 Å². The quantitative estimate of drug-likeness (QED) is 0.794. The van der Waals surface area contributed by atoms with E-state index >= 15 is 0 Å². The number of ether oxygens (including phenoxy) is 1. The van der Waals surface area contributed by atoms with Crippen molar-refractivity contribution >= 4 is 11.4 Å². The lowest BCUT2D eigenvalue weighted by Crippen LogP contribution is -2.05. The third-order valence-corrected chi connectivity index (χ3v) is 3.07. The second-order valence-corrected chi connectivity index (χ2v) is 4.73. The molecule has 21 heavy (non-hydrogen) atoms. The summed E-state index contributed by atoms with van der Waals surface area (Å²) in [6.07, 6.45) is 0.943. The van der Waals surface area contributed by atoms with Crippen LogP contribution in [0.25, 0.3) is 0 Å². The van der Waals surface area contributed by atoms with Crippen molar-refractivity contribution < 1.29 is 4.74 Å². The summed E-state index contributed by atoms with van der Waals surface area (Å²) in [5.74, 6) is 0.702. The van der Waals surface area contributed by atoms with Crippen LogP contribution in [-0.4, -0.2) is 6.61 Å². The van der Waals surface area contributed by atoms with Gasteiger partial charge in [-0.1, -0.05) is 25.1 Å². The molecular weight excluding hydrogens is 262 g/mol. The van der Waals surface area contributed by atoms with Gasteiger partial charge in [0.25, 0.3) is 0 Å². The molecule has 0 atom stereocenters. The van der Waals surface area contributed by atoms with Gasteiger partial charge < -0.3 is 15.8 Å². The fourth-order valence-corrected chi connectivity index (χ4v) is 1.98. The van der Waals surface area contributed by atoms with Crippen molar-refractivity contribution in [3.8, 4) is 11.8 Å². The first-order chi connectivity index (χ1) is 10.2. The number of benzene rings is 2. The van der Waals surface area contributed by atoms with Gasteiger partial charge in [0.2, 0.25) is 0 Å². The number of nitrogens with one attached hydrogen (secondary N) is 1. The fourth-order valence-electron chi connectivity index (χ4n) is 1.98. The van der Waals surface area contributed by atoms with Gasteiger partial charge in [-0.15, -0.1) is 0 Å². The standard InChI is InChI=1S/C17H19N3O/c1-2-9-21-16-8-4-7-15(17(16)19)20-12-14-6-3-5-13(10-14)11-18/h3-8,10,20H,2,9,12,19H2,1H3. The normalized spacial score (nSPS) is 9.90. The molecule has 2 aromatic rings. The van der Waals surface area contributed by atoms with Crippen LogP contribution < -0.4 is 15.8 Å².